The summed E-state index contributed by atoms with van der Waals surface area (Å²) in [5, 5.41) is 11.7. The van der Waals surface area contributed by atoms with Gasteiger partial charge in [-0.05, 0) is 37.8 Å². The van der Waals surface area contributed by atoms with Crippen molar-refractivity contribution < 1.29 is 22.7 Å². The Morgan fingerprint density at radius 2 is 1.82 bits per heavy atom. The van der Waals surface area contributed by atoms with Gasteiger partial charge in [-0.1, -0.05) is 12.1 Å². The number of alkyl halides is 3. The third-order valence-corrected chi connectivity index (χ3v) is 4.54. The summed E-state index contributed by atoms with van der Waals surface area (Å²) >= 11 is 0. The van der Waals surface area contributed by atoms with Gasteiger partial charge in [0.05, 0.1) is 11.1 Å². The van der Waals surface area contributed by atoms with Gasteiger partial charge in [-0.2, -0.15) is 18.4 Å². The number of hydrogen-bond acceptors (Lipinski definition) is 5. The second-order valence-electron chi connectivity index (χ2n) is 6.43. The minimum atomic E-state index is -4.59. The Bertz CT molecular complexity index is 887. The Kier molecular flexibility index (Phi) is 5.78. The highest BCUT2D eigenvalue weighted by atomic mass is 19.4. The first-order chi connectivity index (χ1) is 13.4. The number of nitrogens with one attached hydrogen (secondary N) is 1. The van der Waals surface area contributed by atoms with Gasteiger partial charge >= 0.3 is 6.18 Å². The normalized spacial score (nSPS) is 19.5. The van der Waals surface area contributed by atoms with Gasteiger partial charge in [0.2, 0.25) is 5.69 Å². The third-order valence-electron chi connectivity index (χ3n) is 4.54. The number of amides is 1. The molecule has 1 amide bonds. The second kappa shape index (κ2) is 8.25. The molecule has 0 aliphatic heterocycles. The van der Waals surface area contributed by atoms with Gasteiger partial charge in [0.15, 0.2) is 0 Å². The van der Waals surface area contributed by atoms with Crippen LogP contribution in [0.1, 0.15) is 47.3 Å². The molecule has 2 aromatic rings. The Morgan fingerprint density at radius 3 is 2.50 bits per heavy atom. The molecule has 1 saturated carbocycles. The minimum absolute atomic E-state index is 0.0988. The number of carbonyl (C=O) groups is 1. The molecule has 1 N–H and O–H groups in total. The molecular weight excluding hydrogens is 373 g/mol. The first kappa shape index (κ1) is 19.6. The SMILES string of the molecule is N#Cc1nccnc1OC1CCC(NC(=O)c2ccccc2C(F)(F)F)CC1. The molecule has 1 aromatic heterocycles. The van der Waals surface area contributed by atoms with Crippen molar-refractivity contribution in [2.45, 2.75) is 44.0 Å². The Balaban J connectivity index is 1.58. The molecule has 0 unspecified atom stereocenters. The molecule has 28 heavy (non-hydrogen) atoms. The molecule has 1 aliphatic carbocycles. The van der Waals surface area contributed by atoms with Gasteiger partial charge in [-0.15, -0.1) is 0 Å². The number of aromatic nitrogens is 2. The smallest absolute Gasteiger partial charge is 0.417 e. The molecule has 1 aromatic carbocycles. The van der Waals surface area contributed by atoms with E-state index in [2.05, 4.69) is 15.3 Å². The van der Waals surface area contributed by atoms with Gasteiger partial charge < -0.3 is 10.1 Å². The number of halogens is 3. The molecule has 0 saturated heterocycles. The van der Waals surface area contributed by atoms with Crippen LogP contribution in [0, 0.1) is 11.3 Å². The van der Waals surface area contributed by atoms with Crippen molar-refractivity contribution in [3.63, 3.8) is 0 Å². The maximum absolute atomic E-state index is 13.1. The van der Waals surface area contributed by atoms with Gasteiger partial charge in [0, 0.05) is 18.4 Å². The van der Waals surface area contributed by atoms with Gasteiger partial charge in [0.1, 0.15) is 12.2 Å². The molecule has 0 atom stereocenters. The lowest BCUT2D eigenvalue weighted by atomic mass is 9.92. The lowest BCUT2D eigenvalue weighted by molar-refractivity contribution is -0.137. The molecule has 0 bridgehead atoms. The van der Waals surface area contributed by atoms with Crippen molar-refractivity contribution in [3.8, 4) is 11.9 Å². The maximum Gasteiger partial charge on any atom is 0.417 e. The van der Waals surface area contributed by atoms with Crippen LogP contribution in [0.25, 0.3) is 0 Å². The summed E-state index contributed by atoms with van der Waals surface area (Å²) in [6, 6.07) is 6.39. The van der Waals surface area contributed by atoms with Crippen LogP contribution in [-0.2, 0) is 6.18 Å². The van der Waals surface area contributed by atoms with Crippen LogP contribution in [0.4, 0.5) is 13.2 Å². The van der Waals surface area contributed by atoms with Crippen molar-refractivity contribution in [1.29, 1.82) is 5.26 Å². The van der Waals surface area contributed by atoms with E-state index in [1.165, 1.54) is 30.6 Å². The lowest BCUT2D eigenvalue weighted by Crippen LogP contribution is -2.40. The quantitative estimate of drug-likeness (QED) is 0.864. The largest absolute Gasteiger partial charge is 0.472 e. The molecule has 1 fully saturated rings. The minimum Gasteiger partial charge on any atom is -0.472 e. The average molecular weight is 390 g/mol. The summed E-state index contributed by atoms with van der Waals surface area (Å²) in [5.41, 5.74) is -1.23. The molecule has 1 heterocycles. The van der Waals surface area contributed by atoms with Gasteiger partial charge in [-0.3, -0.25) is 4.79 Å². The van der Waals surface area contributed by atoms with Crippen molar-refractivity contribution in [3.05, 3.63) is 53.5 Å². The highest BCUT2D eigenvalue weighted by Gasteiger charge is 2.35. The van der Waals surface area contributed by atoms with E-state index in [1.807, 2.05) is 6.07 Å². The summed E-state index contributed by atoms with van der Waals surface area (Å²) in [6.07, 6.45) is 0.297. The topological polar surface area (TPSA) is 87.9 Å². The van der Waals surface area contributed by atoms with E-state index in [1.54, 1.807) is 0 Å². The van der Waals surface area contributed by atoms with E-state index < -0.39 is 17.6 Å². The Hall–Kier alpha value is -3.15. The zero-order chi connectivity index (χ0) is 20.1. The summed E-state index contributed by atoms with van der Waals surface area (Å²) in [4.78, 5) is 20.2. The molecule has 146 valence electrons. The maximum atomic E-state index is 13.1. The van der Waals surface area contributed by atoms with Crippen LogP contribution >= 0.6 is 0 Å². The fourth-order valence-electron chi connectivity index (χ4n) is 3.16. The molecule has 1 aliphatic rings. The van der Waals surface area contributed by atoms with Crippen molar-refractivity contribution in [1.82, 2.24) is 15.3 Å². The second-order valence-corrected chi connectivity index (χ2v) is 6.43. The van der Waals surface area contributed by atoms with E-state index >= 15 is 0 Å². The summed E-state index contributed by atoms with van der Waals surface area (Å²) in [7, 11) is 0. The lowest BCUT2D eigenvalue weighted by Gasteiger charge is -2.29. The first-order valence-electron chi connectivity index (χ1n) is 8.73. The monoisotopic (exact) mass is 390 g/mol. The van der Waals surface area contributed by atoms with Gasteiger partial charge in [-0.25, -0.2) is 9.97 Å². The molecule has 0 radical (unpaired) electrons. The predicted octanol–water partition coefficient (Wildman–Crippen LogP) is 3.49. The highest BCUT2D eigenvalue weighted by Crippen LogP contribution is 2.32. The highest BCUT2D eigenvalue weighted by molar-refractivity contribution is 5.96. The van der Waals surface area contributed by atoms with Crippen molar-refractivity contribution in [2.75, 3.05) is 0 Å². The van der Waals surface area contributed by atoms with Crippen molar-refractivity contribution in [2.24, 2.45) is 0 Å². The van der Waals surface area contributed by atoms with E-state index in [4.69, 9.17) is 10.00 Å². The molecule has 9 heteroatoms. The number of carbonyl (C=O) groups excluding carboxylic acids is 1. The van der Waals surface area contributed by atoms with Crippen LogP contribution in [0.3, 0.4) is 0 Å². The molecular formula is C19H17F3N4O2. The van der Waals surface area contributed by atoms with E-state index in [0.29, 0.717) is 25.7 Å². The van der Waals surface area contributed by atoms with Gasteiger partial charge in [0.25, 0.3) is 11.8 Å². The van der Waals surface area contributed by atoms with E-state index in [-0.39, 0.29) is 29.3 Å². The van der Waals surface area contributed by atoms with Crippen LogP contribution in [0.5, 0.6) is 5.88 Å². The number of nitriles is 1. The number of ether oxygens (including phenoxy) is 1. The third kappa shape index (κ3) is 4.57. The van der Waals surface area contributed by atoms with E-state index in [9.17, 15) is 18.0 Å². The predicted molar refractivity (Wildman–Crippen MR) is 92.3 cm³/mol. The van der Waals surface area contributed by atoms with Crippen LogP contribution < -0.4 is 10.1 Å². The number of nitrogens with zero attached hydrogens (tertiary/aromatic N) is 3. The van der Waals surface area contributed by atoms with Crippen LogP contribution in [0.2, 0.25) is 0 Å². The number of benzene rings is 1. The number of rotatable bonds is 4. The molecule has 6 nitrogen and oxygen atoms in total. The fraction of sp³-hybridized carbons (Fsp3) is 0.368. The van der Waals surface area contributed by atoms with Crippen molar-refractivity contribution >= 4 is 5.91 Å². The zero-order valence-corrected chi connectivity index (χ0v) is 14.7. The summed E-state index contributed by atoms with van der Waals surface area (Å²) in [6.45, 7) is 0. The zero-order valence-electron chi connectivity index (χ0n) is 14.7. The fourth-order valence-corrected chi connectivity index (χ4v) is 3.16. The summed E-state index contributed by atoms with van der Waals surface area (Å²) in [5.74, 6) is -0.574. The Labute approximate surface area is 159 Å². The summed E-state index contributed by atoms with van der Waals surface area (Å²) < 4.78 is 45.0. The van der Waals surface area contributed by atoms with E-state index in [0.717, 1.165) is 6.07 Å². The number of hydrogen-bond donors (Lipinski definition) is 1. The average Bonchev–Trinajstić information content (AvgIpc) is 2.69. The molecule has 3 rings (SSSR count). The first-order valence-corrected chi connectivity index (χ1v) is 8.73. The van der Waals surface area contributed by atoms with Crippen LogP contribution in [-0.4, -0.2) is 28.0 Å². The standard InChI is InChI=1S/C19H17F3N4O2/c20-19(21,22)15-4-2-1-3-14(15)17(27)26-12-5-7-13(8-6-12)28-18-16(11-23)24-9-10-25-18/h1-4,9-10,12-13H,5-8H2,(H,26,27). The molecule has 0 spiro atoms. The van der Waals surface area contributed by atoms with Crippen LogP contribution in [0.15, 0.2) is 36.7 Å². The Morgan fingerprint density at radius 1 is 1.14 bits per heavy atom.